The van der Waals surface area contributed by atoms with Gasteiger partial charge < -0.3 is 10.5 Å². The van der Waals surface area contributed by atoms with E-state index in [1.807, 2.05) is 24.3 Å². The van der Waals surface area contributed by atoms with Crippen LogP contribution in [-0.2, 0) is 12.3 Å². The smallest absolute Gasteiger partial charge is 0.337 e. The van der Waals surface area contributed by atoms with Crippen LogP contribution in [0.4, 0.5) is 14.5 Å². The number of nitrogens with zero attached hydrogens (tertiary/aromatic N) is 1. The van der Waals surface area contributed by atoms with Gasteiger partial charge in [0.2, 0.25) is 11.3 Å². The molecule has 3 nitrogen and oxygen atoms in total. The molecule has 1 atom stereocenters. The molecule has 0 amide bonds. The summed E-state index contributed by atoms with van der Waals surface area (Å²) in [6, 6.07) is 14.3. The molecule has 0 radical (unpaired) electrons. The second-order valence-electron chi connectivity index (χ2n) is 7.30. The highest BCUT2D eigenvalue weighted by Gasteiger charge is 2.60. The van der Waals surface area contributed by atoms with Gasteiger partial charge in [-0.2, -0.15) is 13.5 Å². The average molecular weight is 342 g/mol. The van der Waals surface area contributed by atoms with Crippen molar-refractivity contribution in [2.45, 2.75) is 31.7 Å². The van der Waals surface area contributed by atoms with Gasteiger partial charge >= 0.3 is 5.92 Å². The van der Waals surface area contributed by atoms with Crippen LogP contribution in [0.2, 0.25) is 0 Å². The topological polar surface area (TPSA) is 38.1 Å². The van der Waals surface area contributed by atoms with Crippen molar-refractivity contribution in [2.24, 2.45) is 5.92 Å². The van der Waals surface area contributed by atoms with Crippen LogP contribution in [0.3, 0.4) is 0 Å². The van der Waals surface area contributed by atoms with Crippen molar-refractivity contribution < 1.29 is 13.5 Å². The minimum absolute atomic E-state index is 0.0547. The molecule has 0 saturated heterocycles. The van der Waals surface area contributed by atoms with Crippen molar-refractivity contribution in [1.29, 1.82) is 0 Å². The Hall–Kier alpha value is -2.43. The predicted molar refractivity (Wildman–Crippen MR) is 94.3 cm³/mol. The first kappa shape index (κ1) is 16.1. The van der Waals surface area contributed by atoms with Crippen LogP contribution >= 0.6 is 0 Å². The Labute approximate surface area is 145 Å². The molecular weight excluding hydrogens is 322 g/mol. The monoisotopic (exact) mass is 342 g/mol. The molecule has 1 unspecified atom stereocenters. The molecule has 4 rings (SSSR count). The number of anilines is 1. The Kier molecular flexibility index (Phi) is 3.39. The molecule has 5 heteroatoms. The molecule has 0 fully saturated rings. The lowest BCUT2D eigenvalue weighted by Gasteiger charge is -2.40. The molecule has 2 aliphatic rings. The number of hydrogen-bond acceptors (Lipinski definition) is 2. The summed E-state index contributed by atoms with van der Waals surface area (Å²) in [5, 5.41) is 16.3. The molecule has 0 saturated carbocycles. The maximum absolute atomic E-state index is 14.9. The SMILES string of the molecule is CC1(C)[N+]([O-])=C(C2CNc3ccccc3C2)c2ccccc2C1(F)F. The molecule has 0 bridgehead atoms. The molecule has 2 aromatic carbocycles. The Bertz CT molecular complexity index is 874. The summed E-state index contributed by atoms with van der Waals surface area (Å²) in [6.45, 7) is 3.20. The van der Waals surface area contributed by atoms with E-state index in [1.54, 1.807) is 18.2 Å². The Morgan fingerprint density at radius 3 is 2.56 bits per heavy atom. The standard InChI is InChI=1S/C20H20F2N2O/c1-19(2)20(21,22)16-9-5-4-8-15(16)18(24(19)25)14-11-13-7-3-6-10-17(13)23-12-14/h3-10,14,23H,11-12H2,1-2H3. The van der Waals surface area contributed by atoms with Gasteiger partial charge in [0, 0.05) is 31.6 Å². The van der Waals surface area contributed by atoms with Crippen LogP contribution in [0.1, 0.15) is 30.5 Å². The largest absolute Gasteiger partial charge is 0.623 e. The lowest BCUT2D eigenvalue weighted by molar-refractivity contribution is -0.580. The van der Waals surface area contributed by atoms with Crippen LogP contribution in [0, 0.1) is 11.1 Å². The third kappa shape index (κ3) is 2.18. The number of para-hydroxylation sites is 1. The van der Waals surface area contributed by atoms with Crippen LogP contribution in [0.15, 0.2) is 48.5 Å². The fraction of sp³-hybridized carbons (Fsp3) is 0.350. The number of hydroxylamine groups is 1. The van der Waals surface area contributed by atoms with Crippen LogP contribution in [0.5, 0.6) is 0 Å². The maximum atomic E-state index is 14.9. The first-order valence-corrected chi connectivity index (χ1v) is 8.47. The highest BCUT2D eigenvalue weighted by molar-refractivity contribution is 6.02. The summed E-state index contributed by atoms with van der Waals surface area (Å²) < 4.78 is 30.4. The fourth-order valence-corrected chi connectivity index (χ4v) is 3.87. The lowest BCUT2D eigenvalue weighted by atomic mass is 9.77. The van der Waals surface area contributed by atoms with Crippen LogP contribution < -0.4 is 5.32 Å². The van der Waals surface area contributed by atoms with E-state index in [4.69, 9.17) is 0 Å². The lowest BCUT2D eigenvalue weighted by Crippen LogP contribution is -2.56. The van der Waals surface area contributed by atoms with Crippen molar-refractivity contribution in [3.8, 4) is 0 Å². The number of fused-ring (bicyclic) bond motifs is 2. The van der Waals surface area contributed by atoms with Gasteiger partial charge in [0.25, 0.3) is 0 Å². The number of benzene rings is 2. The zero-order valence-corrected chi connectivity index (χ0v) is 14.2. The third-order valence-corrected chi connectivity index (χ3v) is 5.45. The van der Waals surface area contributed by atoms with E-state index in [2.05, 4.69) is 5.32 Å². The van der Waals surface area contributed by atoms with Gasteiger partial charge in [0.15, 0.2) is 0 Å². The van der Waals surface area contributed by atoms with Gasteiger partial charge in [0.1, 0.15) is 0 Å². The van der Waals surface area contributed by atoms with Crippen molar-refractivity contribution in [3.05, 3.63) is 70.4 Å². The van der Waals surface area contributed by atoms with E-state index in [0.717, 1.165) is 11.3 Å². The molecule has 2 aliphatic heterocycles. The molecule has 2 heterocycles. The van der Waals surface area contributed by atoms with E-state index >= 15 is 0 Å². The Morgan fingerprint density at radius 1 is 1.08 bits per heavy atom. The zero-order valence-electron chi connectivity index (χ0n) is 14.2. The number of nitrogens with one attached hydrogen (secondary N) is 1. The summed E-state index contributed by atoms with van der Waals surface area (Å²) in [5.41, 5.74) is 1.09. The normalized spacial score (nSPS) is 23.4. The van der Waals surface area contributed by atoms with E-state index < -0.39 is 11.5 Å². The molecule has 25 heavy (non-hydrogen) atoms. The predicted octanol–water partition coefficient (Wildman–Crippen LogP) is 4.15. The average Bonchev–Trinajstić information content (AvgIpc) is 2.61. The molecule has 0 spiro atoms. The van der Waals surface area contributed by atoms with Gasteiger partial charge in [-0.1, -0.05) is 36.4 Å². The highest BCUT2D eigenvalue weighted by atomic mass is 19.3. The zero-order chi connectivity index (χ0) is 17.8. The molecule has 2 aromatic rings. The van der Waals surface area contributed by atoms with Crippen LogP contribution in [0.25, 0.3) is 0 Å². The molecular formula is C20H20F2N2O. The van der Waals surface area contributed by atoms with Crippen LogP contribution in [-0.4, -0.2) is 22.5 Å². The minimum Gasteiger partial charge on any atom is -0.623 e. The first-order chi connectivity index (χ1) is 11.8. The van der Waals surface area contributed by atoms with Crippen molar-refractivity contribution >= 4 is 11.4 Å². The first-order valence-electron chi connectivity index (χ1n) is 8.47. The molecule has 1 N–H and O–H groups in total. The molecule has 130 valence electrons. The Morgan fingerprint density at radius 2 is 1.76 bits per heavy atom. The summed E-state index contributed by atoms with van der Waals surface area (Å²) in [4.78, 5) is 0. The van der Waals surface area contributed by atoms with Gasteiger partial charge in [-0.3, -0.25) is 0 Å². The minimum atomic E-state index is -3.21. The molecule has 0 aromatic heterocycles. The quantitative estimate of drug-likeness (QED) is 0.624. The van der Waals surface area contributed by atoms with Crippen molar-refractivity contribution in [2.75, 3.05) is 11.9 Å². The van der Waals surface area contributed by atoms with Crippen molar-refractivity contribution in [3.63, 3.8) is 0 Å². The summed E-state index contributed by atoms with van der Waals surface area (Å²) in [6.07, 6.45) is 0.660. The van der Waals surface area contributed by atoms with E-state index in [9.17, 15) is 14.0 Å². The van der Waals surface area contributed by atoms with E-state index in [0.29, 0.717) is 29.0 Å². The maximum Gasteiger partial charge on any atom is 0.337 e. The third-order valence-electron chi connectivity index (χ3n) is 5.45. The van der Waals surface area contributed by atoms with Gasteiger partial charge in [0.05, 0.1) is 11.5 Å². The van der Waals surface area contributed by atoms with Gasteiger partial charge in [-0.05, 0) is 24.1 Å². The van der Waals surface area contributed by atoms with Gasteiger partial charge in [-0.15, -0.1) is 0 Å². The number of rotatable bonds is 1. The number of alkyl halides is 2. The number of hydrogen-bond donors (Lipinski definition) is 1. The molecule has 0 aliphatic carbocycles. The summed E-state index contributed by atoms with van der Waals surface area (Å²) in [5.74, 6) is -3.36. The Balaban J connectivity index is 1.87. The fourth-order valence-electron chi connectivity index (χ4n) is 3.87. The van der Waals surface area contributed by atoms with E-state index in [-0.39, 0.29) is 11.5 Å². The van der Waals surface area contributed by atoms with Gasteiger partial charge in [-0.25, -0.2) is 0 Å². The second-order valence-corrected chi connectivity index (χ2v) is 7.30. The summed E-state index contributed by atoms with van der Waals surface area (Å²) in [7, 11) is 0. The highest BCUT2D eigenvalue weighted by Crippen LogP contribution is 2.46. The number of halogens is 2. The summed E-state index contributed by atoms with van der Waals surface area (Å²) >= 11 is 0. The second kappa shape index (κ2) is 5.28. The van der Waals surface area contributed by atoms with Crippen molar-refractivity contribution in [1.82, 2.24) is 0 Å². The van der Waals surface area contributed by atoms with E-state index in [1.165, 1.54) is 19.9 Å².